The molecule has 2 aliphatic carbocycles. The number of hydrogen-bond donors (Lipinski definition) is 0. The molecule has 0 atom stereocenters. The lowest BCUT2D eigenvalue weighted by Crippen LogP contribution is -2.24. The van der Waals surface area contributed by atoms with Crippen LogP contribution in [-0.2, 0) is 6.11 Å². The highest BCUT2D eigenvalue weighted by atomic mass is 35.5. The average Bonchev–Trinajstić information content (AvgIpc) is 2.78. The lowest BCUT2D eigenvalue weighted by atomic mass is 9.68. The molecule has 2 aliphatic rings. The monoisotopic (exact) mass is 468 g/mol. The van der Waals surface area contributed by atoms with Crippen LogP contribution in [0.3, 0.4) is 0 Å². The molecule has 0 unspecified atom stereocenters. The molecule has 0 N–H and O–H groups in total. The van der Waals surface area contributed by atoms with E-state index >= 15 is 0 Å². The van der Waals surface area contributed by atoms with Crippen molar-refractivity contribution in [2.45, 2.75) is 70.3 Å². The Bertz CT molecular complexity index is 891. The highest BCUT2D eigenvalue weighted by molar-refractivity contribution is 6.30. The van der Waals surface area contributed by atoms with E-state index in [-0.39, 0.29) is 5.75 Å². The van der Waals surface area contributed by atoms with Crippen molar-refractivity contribution >= 4 is 11.6 Å². The van der Waals surface area contributed by atoms with Gasteiger partial charge in [-0.15, -0.1) is 0 Å². The number of hydrogen-bond acceptors (Lipinski definition) is 1. The van der Waals surface area contributed by atoms with Crippen LogP contribution in [0.1, 0.15) is 75.3 Å². The topological polar surface area (TPSA) is 9.23 Å². The zero-order valence-corrected chi connectivity index (χ0v) is 19.0. The largest absolute Gasteiger partial charge is 0.429 e. The lowest BCUT2D eigenvalue weighted by molar-refractivity contribution is -0.185. The van der Waals surface area contributed by atoms with Crippen molar-refractivity contribution in [3.05, 3.63) is 64.2 Å². The molecular formula is C26H29ClF4O. The maximum Gasteiger partial charge on any atom is 0.426 e. The predicted octanol–water partition coefficient (Wildman–Crippen LogP) is 8.85. The third-order valence-electron chi connectivity index (χ3n) is 7.42. The molecule has 0 radical (unpaired) electrons. The van der Waals surface area contributed by atoms with Crippen LogP contribution in [0.5, 0.6) is 5.75 Å². The van der Waals surface area contributed by atoms with E-state index in [0.29, 0.717) is 18.1 Å². The molecule has 0 spiro atoms. The van der Waals surface area contributed by atoms with Gasteiger partial charge in [-0.1, -0.05) is 43.5 Å². The third-order valence-corrected chi connectivity index (χ3v) is 7.78. The summed E-state index contributed by atoms with van der Waals surface area (Å²) in [6.45, 7) is 2.35. The van der Waals surface area contributed by atoms with Crippen molar-refractivity contribution in [1.29, 1.82) is 0 Å². The predicted molar refractivity (Wildman–Crippen MR) is 118 cm³/mol. The van der Waals surface area contributed by atoms with Crippen LogP contribution in [0.25, 0.3) is 0 Å². The van der Waals surface area contributed by atoms with Gasteiger partial charge in [0.2, 0.25) is 0 Å². The second-order valence-electron chi connectivity index (χ2n) is 9.57. The fourth-order valence-corrected chi connectivity index (χ4v) is 5.53. The zero-order chi connectivity index (χ0) is 22.9. The molecule has 32 heavy (non-hydrogen) atoms. The first-order valence-corrected chi connectivity index (χ1v) is 11.9. The Hall–Kier alpha value is -1.75. The van der Waals surface area contributed by atoms with Crippen molar-refractivity contribution in [3.8, 4) is 5.75 Å². The Labute approximate surface area is 192 Å². The molecule has 2 fully saturated rings. The summed E-state index contributed by atoms with van der Waals surface area (Å²) in [4.78, 5) is 0. The molecule has 0 aliphatic heterocycles. The average molecular weight is 469 g/mol. The standard InChI is InChI=1S/C26H29ClF4O/c1-16-2-4-17(5-3-16)18-6-8-19(9-7-18)20-10-12-22(13-11-20)32-26(30,31)21-14-23(28)25(27)24(29)15-21/h10-19H,2-9H2,1H3. The normalized spacial score (nSPS) is 26.7. The van der Waals surface area contributed by atoms with E-state index in [1.807, 2.05) is 12.1 Å². The second-order valence-corrected chi connectivity index (χ2v) is 9.95. The fraction of sp³-hybridized carbons (Fsp3) is 0.538. The van der Waals surface area contributed by atoms with Gasteiger partial charge in [-0.25, -0.2) is 8.78 Å². The number of benzene rings is 2. The maximum absolute atomic E-state index is 14.4. The summed E-state index contributed by atoms with van der Waals surface area (Å²) in [6.07, 6.45) is 6.24. The molecule has 1 nitrogen and oxygen atoms in total. The van der Waals surface area contributed by atoms with Gasteiger partial charge in [0, 0.05) is 0 Å². The van der Waals surface area contributed by atoms with Crippen LogP contribution in [0.2, 0.25) is 5.02 Å². The summed E-state index contributed by atoms with van der Waals surface area (Å²) < 4.78 is 60.8. The molecular weight excluding hydrogens is 440 g/mol. The minimum absolute atomic E-state index is 0.0560. The smallest absolute Gasteiger partial charge is 0.426 e. The van der Waals surface area contributed by atoms with Crippen molar-refractivity contribution in [2.24, 2.45) is 17.8 Å². The van der Waals surface area contributed by atoms with Gasteiger partial charge >= 0.3 is 6.11 Å². The Morgan fingerprint density at radius 2 is 1.31 bits per heavy atom. The first-order chi connectivity index (χ1) is 15.2. The molecule has 174 valence electrons. The summed E-state index contributed by atoms with van der Waals surface area (Å²) in [5.74, 6) is 0.431. The van der Waals surface area contributed by atoms with E-state index in [1.54, 1.807) is 0 Å². The first kappa shape index (κ1) is 23.4. The minimum atomic E-state index is -3.89. The molecule has 2 saturated carbocycles. The van der Waals surface area contributed by atoms with Crippen molar-refractivity contribution in [3.63, 3.8) is 0 Å². The van der Waals surface area contributed by atoms with Gasteiger partial charge in [-0.2, -0.15) is 8.78 Å². The van der Waals surface area contributed by atoms with E-state index in [9.17, 15) is 17.6 Å². The fourth-order valence-electron chi connectivity index (χ4n) is 5.42. The van der Waals surface area contributed by atoms with Crippen LogP contribution in [0.15, 0.2) is 36.4 Å². The van der Waals surface area contributed by atoms with Crippen LogP contribution >= 0.6 is 11.6 Å². The highest BCUT2D eigenvalue weighted by Gasteiger charge is 2.36. The summed E-state index contributed by atoms with van der Waals surface area (Å²) in [6, 6.07) is 7.63. The van der Waals surface area contributed by atoms with Gasteiger partial charge in [0.1, 0.15) is 22.4 Å². The van der Waals surface area contributed by atoms with Crippen LogP contribution < -0.4 is 4.74 Å². The summed E-state index contributed by atoms with van der Waals surface area (Å²) >= 11 is 5.37. The van der Waals surface area contributed by atoms with E-state index in [0.717, 1.165) is 36.2 Å². The van der Waals surface area contributed by atoms with Crippen LogP contribution in [0.4, 0.5) is 17.6 Å². The first-order valence-electron chi connectivity index (χ1n) is 11.5. The maximum atomic E-state index is 14.4. The quantitative estimate of drug-likeness (QED) is 0.314. The van der Waals surface area contributed by atoms with Crippen molar-refractivity contribution in [1.82, 2.24) is 0 Å². The van der Waals surface area contributed by atoms with E-state index in [2.05, 4.69) is 6.92 Å². The summed E-state index contributed by atoms with van der Waals surface area (Å²) in [5, 5.41) is -0.818. The van der Waals surface area contributed by atoms with Crippen molar-refractivity contribution in [2.75, 3.05) is 0 Å². The molecule has 0 saturated heterocycles. The molecule has 0 bridgehead atoms. The Morgan fingerprint density at radius 3 is 1.84 bits per heavy atom. The molecule has 0 heterocycles. The summed E-state index contributed by atoms with van der Waals surface area (Å²) in [5.41, 5.74) is 0.205. The number of rotatable bonds is 5. The number of ether oxygens (including phenoxy) is 1. The SMILES string of the molecule is CC1CCC(C2CCC(c3ccc(OC(F)(F)c4cc(F)c(Cl)c(F)c4)cc3)CC2)CC1. The van der Waals surface area contributed by atoms with Crippen LogP contribution in [-0.4, -0.2) is 0 Å². The summed E-state index contributed by atoms with van der Waals surface area (Å²) in [7, 11) is 0. The zero-order valence-electron chi connectivity index (χ0n) is 18.2. The molecule has 0 aromatic heterocycles. The lowest BCUT2D eigenvalue weighted by Gasteiger charge is -2.37. The van der Waals surface area contributed by atoms with Gasteiger partial charge in [0.15, 0.2) is 0 Å². The number of halogens is 5. The molecule has 6 heteroatoms. The Kier molecular flexibility index (Phi) is 7.04. The number of alkyl halides is 2. The van der Waals surface area contributed by atoms with E-state index < -0.39 is 28.3 Å². The van der Waals surface area contributed by atoms with E-state index in [4.69, 9.17) is 16.3 Å². The molecule has 2 aromatic rings. The Balaban J connectivity index is 1.35. The van der Waals surface area contributed by atoms with E-state index in [1.165, 1.54) is 50.7 Å². The Morgan fingerprint density at radius 1 is 0.812 bits per heavy atom. The second kappa shape index (κ2) is 9.62. The molecule has 0 amide bonds. The van der Waals surface area contributed by atoms with Gasteiger partial charge in [0.25, 0.3) is 0 Å². The third kappa shape index (κ3) is 5.24. The van der Waals surface area contributed by atoms with Gasteiger partial charge in [0.05, 0.1) is 5.56 Å². The van der Waals surface area contributed by atoms with Gasteiger partial charge in [-0.05, 0) is 92.0 Å². The van der Waals surface area contributed by atoms with Gasteiger partial charge in [-0.3, -0.25) is 0 Å². The minimum Gasteiger partial charge on any atom is -0.429 e. The highest BCUT2D eigenvalue weighted by Crippen LogP contribution is 2.44. The molecule has 2 aromatic carbocycles. The molecule has 4 rings (SSSR count). The van der Waals surface area contributed by atoms with Crippen LogP contribution in [0, 0.1) is 29.4 Å². The van der Waals surface area contributed by atoms with Gasteiger partial charge < -0.3 is 4.74 Å². The van der Waals surface area contributed by atoms with Crippen molar-refractivity contribution < 1.29 is 22.3 Å².